The van der Waals surface area contributed by atoms with E-state index in [2.05, 4.69) is 10.4 Å². The molecule has 0 aliphatic carbocycles. The van der Waals surface area contributed by atoms with Gasteiger partial charge in [-0.2, -0.15) is 5.10 Å². The smallest absolute Gasteiger partial charge is 0.254 e. The van der Waals surface area contributed by atoms with Crippen LogP contribution in [-0.2, 0) is 13.0 Å². The molecule has 0 unspecified atom stereocenters. The third-order valence-electron chi connectivity index (χ3n) is 4.49. The maximum absolute atomic E-state index is 12.4. The number of hydrogen-bond acceptors (Lipinski definition) is 4. The fourth-order valence-corrected chi connectivity index (χ4v) is 3.24. The molecule has 0 atom stereocenters. The van der Waals surface area contributed by atoms with E-state index in [1.165, 1.54) is 0 Å². The second kappa shape index (κ2) is 10.7. The Balaban J connectivity index is 1.54. The number of benzene rings is 2. The third kappa shape index (κ3) is 5.76. The van der Waals surface area contributed by atoms with Gasteiger partial charge in [-0.25, -0.2) is 0 Å². The number of amides is 1. The zero-order valence-electron chi connectivity index (χ0n) is 17.2. The molecule has 0 bridgehead atoms. The van der Waals surface area contributed by atoms with Gasteiger partial charge in [0.05, 0.1) is 31.5 Å². The molecule has 1 N–H and O–H groups in total. The molecular formula is C23H26ClN3O3. The van der Waals surface area contributed by atoms with Gasteiger partial charge in [-0.3, -0.25) is 9.48 Å². The van der Waals surface area contributed by atoms with Crippen molar-refractivity contribution in [3.05, 3.63) is 76.6 Å². The first-order chi connectivity index (χ1) is 14.6. The molecule has 1 heterocycles. The Morgan fingerprint density at radius 1 is 1.10 bits per heavy atom. The van der Waals surface area contributed by atoms with Gasteiger partial charge in [-0.05, 0) is 49.6 Å². The van der Waals surface area contributed by atoms with Crippen LogP contribution in [0.25, 0.3) is 0 Å². The Morgan fingerprint density at radius 3 is 2.63 bits per heavy atom. The highest BCUT2D eigenvalue weighted by Crippen LogP contribution is 2.28. The lowest BCUT2D eigenvalue weighted by Gasteiger charge is -2.12. The van der Waals surface area contributed by atoms with Crippen LogP contribution in [0.4, 0.5) is 0 Å². The standard InChI is InChI=1S/C23H26ClN3O3/c1-3-29-21-10-9-17(13-22(21)30-4-2)11-12-25-23(28)19-14-26-27(16-19)15-18-7-5-6-8-20(18)24/h5-10,13-14,16H,3-4,11-12,15H2,1-2H3,(H,25,28). The van der Waals surface area contributed by atoms with Crippen molar-refractivity contribution < 1.29 is 14.3 Å². The lowest BCUT2D eigenvalue weighted by molar-refractivity contribution is 0.0954. The molecule has 158 valence electrons. The van der Waals surface area contributed by atoms with E-state index in [4.69, 9.17) is 21.1 Å². The molecule has 30 heavy (non-hydrogen) atoms. The Morgan fingerprint density at radius 2 is 1.87 bits per heavy atom. The second-order valence-corrected chi connectivity index (χ2v) is 7.08. The normalized spacial score (nSPS) is 10.6. The average Bonchev–Trinajstić information content (AvgIpc) is 3.20. The molecule has 1 amide bonds. The van der Waals surface area contributed by atoms with Crippen LogP contribution in [-0.4, -0.2) is 35.4 Å². The minimum atomic E-state index is -0.156. The summed E-state index contributed by atoms with van der Waals surface area (Å²) in [6, 6.07) is 13.4. The minimum Gasteiger partial charge on any atom is -0.490 e. The van der Waals surface area contributed by atoms with Gasteiger partial charge in [0.15, 0.2) is 11.5 Å². The molecule has 0 fully saturated rings. The molecule has 0 radical (unpaired) electrons. The molecule has 3 aromatic rings. The lowest BCUT2D eigenvalue weighted by Crippen LogP contribution is -2.25. The van der Waals surface area contributed by atoms with E-state index in [1.807, 2.05) is 56.3 Å². The van der Waals surface area contributed by atoms with Crippen molar-refractivity contribution in [2.45, 2.75) is 26.8 Å². The third-order valence-corrected chi connectivity index (χ3v) is 4.86. The summed E-state index contributed by atoms with van der Waals surface area (Å²) >= 11 is 6.19. The highest BCUT2D eigenvalue weighted by molar-refractivity contribution is 6.31. The average molecular weight is 428 g/mol. The first kappa shape index (κ1) is 21.7. The van der Waals surface area contributed by atoms with E-state index in [9.17, 15) is 4.79 Å². The minimum absolute atomic E-state index is 0.156. The van der Waals surface area contributed by atoms with E-state index >= 15 is 0 Å². The topological polar surface area (TPSA) is 65.4 Å². The molecule has 0 aliphatic heterocycles. The molecule has 2 aromatic carbocycles. The van der Waals surface area contributed by atoms with Crippen LogP contribution < -0.4 is 14.8 Å². The summed E-state index contributed by atoms with van der Waals surface area (Å²) < 4.78 is 12.9. The van der Waals surface area contributed by atoms with Crippen LogP contribution in [0.15, 0.2) is 54.9 Å². The number of halogens is 1. The van der Waals surface area contributed by atoms with Gasteiger partial charge in [0, 0.05) is 17.8 Å². The summed E-state index contributed by atoms with van der Waals surface area (Å²) in [6.45, 7) is 6.05. The lowest BCUT2D eigenvalue weighted by atomic mass is 10.1. The highest BCUT2D eigenvalue weighted by Gasteiger charge is 2.10. The molecular weight excluding hydrogens is 402 g/mol. The van der Waals surface area contributed by atoms with Gasteiger partial charge in [0.25, 0.3) is 5.91 Å². The van der Waals surface area contributed by atoms with E-state index in [1.54, 1.807) is 17.1 Å². The van der Waals surface area contributed by atoms with Gasteiger partial charge in [-0.1, -0.05) is 35.9 Å². The first-order valence-electron chi connectivity index (χ1n) is 10.0. The van der Waals surface area contributed by atoms with Crippen molar-refractivity contribution in [2.75, 3.05) is 19.8 Å². The maximum Gasteiger partial charge on any atom is 0.254 e. The number of aromatic nitrogens is 2. The number of nitrogens with zero attached hydrogens (tertiary/aromatic N) is 2. The predicted octanol–water partition coefficient (Wildman–Crippen LogP) is 4.35. The van der Waals surface area contributed by atoms with Crippen LogP contribution in [0, 0.1) is 0 Å². The number of hydrogen-bond donors (Lipinski definition) is 1. The maximum atomic E-state index is 12.4. The van der Waals surface area contributed by atoms with Crippen molar-refractivity contribution in [2.24, 2.45) is 0 Å². The molecule has 1 aromatic heterocycles. The first-order valence-corrected chi connectivity index (χ1v) is 10.4. The fourth-order valence-electron chi connectivity index (χ4n) is 3.04. The Kier molecular flexibility index (Phi) is 7.74. The molecule has 0 spiro atoms. The van der Waals surface area contributed by atoms with E-state index < -0.39 is 0 Å². The van der Waals surface area contributed by atoms with Gasteiger partial charge >= 0.3 is 0 Å². The summed E-state index contributed by atoms with van der Waals surface area (Å²) in [5.41, 5.74) is 2.54. The summed E-state index contributed by atoms with van der Waals surface area (Å²) in [4.78, 5) is 12.4. The summed E-state index contributed by atoms with van der Waals surface area (Å²) in [5.74, 6) is 1.30. The van der Waals surface area contributed by atoms with Crippen molar-refractivity contribution in [3.8, 4) is 11.5 Å². The molecule has 0 saturated carbocycles. The molecule has 0 aliphatic rings. The molecule has 0 saturated heterocycles. The van der Waals surface area contributed by atoms with Crippen molar-refractivity contribution in [3.63, 3.8) is 0 Å². The summed E-state index contributed by atoms with van der Waals surface area (Å²) in [5, 5.41) is 7.88. The largest absolute Gasteiger partial charge is 0.490 e. The summed E-state index contributed by atoms with van der Waals surface area (Å²) in [7, 11) is 0. The van der Waals surface area contributed by atoms with E-state index in [0.29, 0.717) is 43.3 Å². The Bertz CT molecular complexity index is 987. The Labute approximate surface area is 181 Å². The zero-order valence-corrected chi connectivity index (χ0v) is 18.0. The molecule has 3 rings (SSSR count). The van der Waals surface area contributed by atoms with E-state index in [0.717, 1.165) is 22.6 Å². The zero-order chi connectivity index (χ0) is 21.3. The molecule has 6 nitrogen and oxygen atoms in total. The van der Waals surface area contributed by atoms with Crippen LogP contribution in [0.3, 0.4) is 0 Å². The van der Waals surface area contributed by atoms with Crippen LogP contribution in [0.2, 0.25) is 5.02 Å². The highest BCUT2D eigenvalue weighted by atomic mass is 35.5. The SMILES string of the molecule is CCOc1ccc(CCNC(=O)c2cnn(Cc3ccccc3Cl)c2)cc1OCC. The predicted molar refractivity (Wildman–Crippen MR) is 118 cm³/mol. The molecule has 7 heteroatoms. The van der Waals surface area contributed by atoms with Gasteiger partial charge in [0.2, 0.25) is 0 Å². The van der Waals surface area contributed by atoms with Gasteiger partial charge in [0.1, 0.15) is 0 Å². The second-order valence-electron chi connectivity index (χ2n) is 6.67. The number of ether oxygens (including phenoxy) is 2. The van der Waals surface area contributed by atoms with Crippen LogP contribution in [0.1, 0.15) is 35.3 Å². The van der Waals surface area contributed by atoms with Crippen molar-refractivity contribution >= 4 is 17.5 Å². The fraction of sp³-hybridized carbons (Fsp3) is 0.304. The van der Waals surface area contributed by atoms with Gasteiger partial charge in [-0.15, -0.1) is 0 Å². The number of nitrogens with one attached hydrogen (secondary N) is 1. The summed E-state index contributed by atoms with van der Waals surface area (Å²) in [6.07, 6.45) is 3.98. The van der Waals surface area contributed by atoms with E-state index in [-0.39, 0.29) is 5.91 Å². The van der Waals surface area contributed by atoms with Crippen LogP contribution in [0.5, 0.6) is 11.5 Å². The number of carbonyl (C=O) groups is 1. The van der Waals surface area contributed by atoms with Gasteiger partial charge < -0.3 is 14.8 Å². The number of carbonyl (C=O) groups excluding carboxylic acids is 1. The number of rotatable bonds is 10. The quantitative estimate of drug-likeness (QED) is 0.522. The van der Waals surface area contributed by atoms with Crippen molar-refractivity contribution in [1.82, 2.24) is 15.1 Å². The van der Waals surface area contributed by atoms with Crippen molar-refractivity contribution in [1.29, 1.82) is 0 Å². The monoisotopic (exact) mass is 427 g/mol. The Hall–Kier alpha value is -2.99. The van der Waals surface area contributed by atoms with Crippen LogP contribution >= 0.6 is 11.6 Å².